The summed E-state index contributed by atoms with van der Waals surface area (Å²) in [4.78, 5) is 28.5. The zero-order chi connectivity index (χ0) is 21.5. The van der Waals surface area contributed by atoms with E-state index >= 15 is 0 Å². The van der Waals surface area contributed by atoms with Gasteiger partial charge in [0.05, 0.1) is 5.56 Å². The van der Waals surface area contributed by atoms with E-state index in [0.717, 1.165) is 0 Å². The summed E-state index contributed by atoms with van der Waals surface area (Å²) in [5.74, 6) is 0.591. The largest absolute Gasteiger partial charge is 0.481 e. The molecular weight excluding hydrogens is 378 g/mol. The fraction of sp³-hybridized carbons (Fsp3) is 0.208. The van der Waals surface area contributed by atoms with Gasteiger partial charge in [0, 0.05) is 23.8 Å². The van der Waals surface area contributed by atoms with Crippen LogP contribution in [0.1, 0.15) is 42.6 Å². The molecule has 3 aromatic rings. The molecule has 0 bridgehead atoms. The van der Waals surface area contributed by atoms with E-state index in [2.05, 4.69) is 29.5 Å². The molecule has 0 saturated carbocycles. The standard InChI is InChI=1S/C24H25N3O3/c1-16(2)18-6-12-22(13-7-18)30-17(3)23(28)26-20-8-10-21(11-9-20)27-24(29)19-5-4-14-25-15-19/h4-17H,1-3H3,(H,26,28)(H,27,29). The molecule has 0 fully saturated rings. The minimum absolute atomic E-state index is 0.245. The van der Waals surface area contributed by atoms with Crippen molar-refractivity contribution >= 4 is 23.2 Å². The number of benzene rings is 2. The Kier molecular flexibility index (Phi) is 6.80. The number of ether oxygens (including phenoxy) is 1. The molecule has 0 spiro atoms. The van der Waals surface area contributed by atoms with Crippen molar-refractivity contribution in [1.29, 1.82) is 0 Å². The van der Waals surface area contributed by atoms with E-state index < -0.39 is 6.10 Å². The van der Waals surface area contributed by atoms with Gasteiger partial charge in [-0.1, -0.05) is 26.0 Å². The molecule has 0 aliphatic carbocycles. The molecule has 2 amide bonds. The second kappa shape index (κ2) is 9.69. The van der Waals surface area contributed by atoms with Crippen molar-refractivity contribution in [3.8, 4) is 5.75 Å². The lowest BCUT2D eigenvalue weighted by atomic mass is 10.0. The summed E-state index contributed by atoms with van der Waals surface area (Å²) in [7, 11) is 0. The number of nitrogens with one attached hydrogen (secondary N) is 2. The Hall–Kier alpha value is -3.67. The third-order valence-electron chi connectivity index (χ3n) is 4.56. The van der Waals surface area contributed by atoms with Crippen LogP contribution in [-0.4, -0.2) is 22.9 Å². The summed E-state index contributed by atoms with van der Waals surface area (Å²) in [6, 6.07) is 18.0. The predicted molar refractivity (Wildman–Crippen MR) is 118 cm³/mol. The van der Waals surface area contributed by atoms with Crippen molar-refractivity contribution in [2.24, 2.45) is 0 Å². The Morgan fingerprint density at radius 2 is 1.50 bits per heavy atom. The maximum Gasteiger partial charge on any atom is 0.265 e. The van der Waals surface area contributed by atoms with Gasteiger partial charge in [0.2, 0.25) is 0 Å². The molecule has 3 rings (SSSR count). The van der Waals surface area contributed by atoms with Crippen LogP contribution in [0.15, 0.2) is 73.1 Å². The Bertz CT molecular complexity index is 984. The first-order valence-corrected chi connectivity index (χ1v) is 9.81. The molecule has 2 N–H and O–H groups in total. The van der Waals surface area contributed by atoms with Gasteiger partial charge < -0.3 is 15.4 Å². The van der Waals surface area contributed by atoms with E-state index in [0.29, 0.717) is 28.6 Å². The number of hydrogen-bond donors (Lipinski definition) is 2. The zero-order valence-electron chi connectivity index (χ0n) is 17.3. The van der Waals surface area contributed by atoms with Gasteiger partial charge in [-0.3, -0.25) is 14.6 Å². The third kappa shape index (κ3) is 5.67. The summed E-state index contributed by atoms with van der Waals surface area (Å²) >= 11 is 0. The summed E-state index contributed by atoms with van der Waals surface area (Å²) in [6.07, 6.45) is 2.46. The Balaban J connectivity index is 1.54. The number of pyridine rings is 1. The first-order chi connectivity index (χ1) is 14.4. The van der Waals surface area contributed by atoms with Crippen molar-refractivity contribution in [2.75, 3.05) is 10.6 Å². The fourth-order valence-electron chi connectivity index (χ4n) is 2.77. The number of anilines is 2. The van der Waals surface area contributed by atoms with Crippen LogP contribution in [0.25, 0.3) is 0 Å². The molecule has 30 heavy (non-hydrogen) atoms. The first-order valence-electron chi connectivity index (χ1n) is 9.81. The van der Waals surface area contributed by atoms with Crippen LogP contribution in [0.3, 0.4) is 0 Å². The molecule has 0 aliphatic rings. The summed E-state index contributed by atoms with van der Waals surface area (Å²) in [5.41, 5.74) is 2.93. The van der Waals surface area contributed by atoms with Crippen molar-refractivity contribution in [3.63, 3.8) is 0 Å². The molecule has 6 heteroatoms. The highest BCUT2D eigenvalue weighted by Gasteiger charge is 2.15. The highest BCUT2D eigenvalue weighted by molar-refractivity contribution is 6.04. The molecule has 1 unspecified atom stereocenters. The van der Waals surface area contributed by atoms with Crippen LogP contribution in [0.5, 0.6) is 5.75 Å². The fourth-order valence-corrected chi connectivity index (χ4v) is 2.77. The van der Waals surface area contributed by atoms with Gasteiger partial charge in [-0.25, -0.2) is 0 Å². The lowest BCUT2D eigenvalue weighted by Crippen LogP contribution is -2.30. The number of rotatable bonds is 7. The Labute approximate surface area is 176 Å². The van der Waals surface area contributed by atoms with Gasteiger partial charge in [-0.05, 0) is 66.9 Å². The van der Waals surface area contributed by atoms with Crippen LogP contribution < -0.4 is 15.4 Å². The van der Waals surface area contributed by atoms with E-state index in [-0.39, 0.29) is 11.8 Å². The van der Waals surface area contributed by atoms with Crippen molar-refractivity contribution < 1.29 is 14.3 Å². The molecule has 6 nitrogen and oxygen atoms in total. The summed E-state index contributed by atoms with van der Waals surface area (Å²) in [6.45, 7) is 5.96. The van der Waals surface area contributed by atoms with Gasteiger partial charge >= 0.3 is 0 Å². The van der Waals surface area contributed by atoms with Crippen LogP contribution in [0.2, 0.25) is 0 Å². The number of aromatic nitrogens is 1. The lowest BCUT2D eigenvalue weighted by molar-refractivity contribution is -0.122. The molecule has 0 radical (unpaired) electrons. The normalized spacial score (nSPS) is 11.6. The molecule has 0 aliphatic heterocycles. The van der Waals surface area contributed by atoms with Crippen LogP contribution in [-0.2, 0) is 4.79 Å². The minimum atomic E-state index is -0.653. The monoisotopic (exact) mass is 403 g/mol. The third-order valence-corrected chi connectivity index (χ3v) is 4.56. The average Bonchev–Trinajstić information content (AvgIpc) is 2.76. The number of carbonyl (C=O) groups is 2. The molecule has 0 saturated heterocycles. The number of amides is 2. The predicted octanol–water partition coefficient (Wildman–Crippen LogP) is 4.86. The first kappa shape index (κ1) is 21.0. The zero-order valence-corrected chi connectivity index (χ0v) is 17.3. The quantitative estimate of drug-likeness (QED) is 0.590. The number of nitrogens with zero attached hydrogens (tertiary/aromatic N) is 1. The van der Waals surface area contributed by atoms with Gasteiger partial charge in [0.1, 0.15) is 5.75 Å². The Morgan fingerprint density at radius 3 is 2.07 bits per heavy atom. The van der Waals surface area contributed by atoms with Crippen LogP contribution >= 0.6 is 0 Å². The molecule has 2 aromatic carbocycles. The molecular formula is C24H25N3O3. The maximum absolute atomic E-state index is 12.4. The van der Waals surface area contributed by atoms with Crippen LogP contribution in [0.4, 0.5) is 11.4 Å². The summed E-state index contributed by atoms with van der Waals surface area (Å²) < 4.78 is 5.73. The number of hydrogen-bond acceptors (Lipinski definition) is 4. The van der Waals surface area contributed by atoms with Gasteiger partial charge in [-0.15, -0.1) is 0 Å². The molecule has 154 valence electrons. The van der Waals surface area contributed by atoms with E-state index in [1.165, 1.54) is 11.8 Å². The molecule has 1 aromatic heterocycles. The topological polar surface area (TPSA) is 80.3 Å². The highest BCUT2D eigenvalue weighted by Crippen LogP contribution is 2.20. The van der Waals surface area contributed by atoms with Crippen molar-refractivity contribution in [2.45, 2.75) is 32.8 Å². The van der Waals surface area contributed by atoms with Crippen molar-refractivity contribution in [1.82, 2.24) is 4.98 Å². The van der Waals surface area contributed by atoms with E-state index in [1.54, 1.807) is 49.5 Å². The van der Waals surface area contributed by atoms with E-state index in [4.69, 9.17) is 4.74 Å². The smallest absolute Gasteiger partial charge is 0.265 e. The van der Waals surface area contributed by atoms with Crippen LogP contribution in [0, 0.1) is 0 Å². The van der Waals surface area contributed by atoms with Gasteiger partial charge in [0.15, 0.2) is 6.10 Å². The highest BCUT2D eigenvalue weighted by atomic mass is 16.5. The second-order valence-corrected chi connectivity index (χ2v) is 7.25. The second-order valence-electron chi connectivity index (χ2n) is 7.25. The SMILES string of the molecule is CC(Oc1ccc(C(C)C)cc1)C(=O)Nc1ccc(NC(=O)c2cccnc2)cc1. The van der Waals surface area contributed by atoms with E-state index in [9.17, 15) is 9.59 Å². The minimum Gasteiger partial charge on any atom is -0.481 e. The van der Waals surface area contributed by atoms with E-state index in [1.807, 2.05) is 24.3 Å². The Morgan fingerprint density at radius 1 is 0.867 bits per heavy atom. The molecule has 1 heterocycles. The molecule has 1 atom stereocenters. The van der Waals surface area contributed by atoms with Gasteiger partial charge in [0.25, 0.3) is 11.8 Å². The average molecular weight is 403 g/mol. The van der Waals surface area contributed by atoms with Gasteiger partial charge in [-0.2, -0.15) is 0 Å². The summed E-state index contributed by atoms with van der Waals surface area (Å²) in [5, 5.41) is 5.61. The number of carbonyl (C=O) groups excluding carboxylic acids is 2. The lowest BCUT2D eigenvalue weighted by Gasteiger charge is -2.16. The maximum atomic E-state index is 12.4. The van der Waals surface area contributed by atoms with Crippen molar-refractivity contribution in [3.05, 3.63) is 84.2 Å².